The highest BCUT2D eigenvalue weighted by molar-refractivity contribution is 5.96. The van der Waals surface area contributed by atoms with Crippen LogP contribution in [0.4, 0.5) is 0 Å². The van der Waals surface area contributed by atoms with Crippen molar-refractivity contribution < 1.29 is 34.2 Å². The highest BCUT2D eigenvalue weighted by atomic mass is 16.4. The Morgan fingerprint density at radius 2 is 1.37 bits per heavy atom. The zero-order valence-corrected chi connectivity index (χ0v) is 19.4. The predicted molar refractivity (Wildman–Crippen MR) is 125 cm³/mol. The molecule has 0 spiro atoms. The number of guanidine groups is 1. The lowest BCUT2D eigenvalue weighted by molar-refractivity contribution is -0.143. The van der Waals surface area contributed by atoms with Crippen LogP contribution in [0.25, 0.3) is 0 Å². The molecule has 0 aliphatic heterocycles. The van der Waals surface area contributed by atoms with Gasteiger partial charge in [-0.1, -0.05) is 6.42 Å². The Bertz CT molecular complexity index is 759. The van der Waals surface area contributed by atoms with Gasteiger partial charge in [-0.3, -0.25) is 24.2 Å². The van der Waals surface area contributed by atoms with E-state index >= 15 is 0 Å². The first-order chi connectivity index (χ1) is 16.4. The number of hydrogen-bond donors (Lipinski definition) is 10. The van der Waals surface area contributed by atoms with E-state index in [4.69, 9.17) is 38.9 Å². The van der Waals surface area contributed by atoms with Gasteiger partial charge < -0.3 is 54.8 Å². The smallest absolute Gasteiger partial charge is 0.328 e. The summed E-state index contributed by atoms with van der Waals surface area (Å²) in [6.45, 7) is -0.367. The second kappa shape index (κ2) is 17.0. The number of unbranched alkanes of at least 4 members (excludes halogenated alkanes) is 1. The van der Waals surface area contributed by atoms with E-state index < -0.39 is 66.8 Å². The summed E-state index contributed by atoms with van der Waals surface area (Å²) in [5.74, 6) is -5.14. The van der Waals surface area contributed by atoms with Crippen LogP contribution < -0.4 is 44.6 Å². The number of carboxylic acid groups (broad SMARTS) is 1. The van der Waals surface area contributed by atoms with Crippen molar-refractivity contribution in [3.05, 3.63) is 0 Å². The second-order valence-corrected chi connectivity index (χ2v) is 7.71. The van der Waals surface area contributed by atoms with Crippen molar-refractivity contribution in [1.29, 1.82) is 0 Å². The molecule has 0 aromatic heterocycles. The number of amides is 4. The number of carboxylic acids is 1. The number of nitrogens with zero attached hydrogens (tertiary/aromatic N) is 1. The van der Waals surface area contributed by atoms with Crippen LogP contribution in [0.1, 0.15) is 38.5 Å². The lowest BCUT2D eigenvalue weighted by Crippen LogP contribution is -2.58. The van der Waals surface area contributed by atoms with Gasteiger partial charge in [0, 0.05) is 6.54 Å². The molecule has 0 aromatic rings. The van der Waals surface area contributed by atoms with Gasteiger partial charge in [0.15, 0.2) is 5.96 Å². The van der Waals surface area contributed by atoms with Crippen LogP contribution in [0.5, 0.6) is 0 Å². The SMILES string of the molecule is NCCCCC(N)C(=O)NC(CC(N)=O)C(=O)NC(CCCN=C(N)N)C(=O)NC(CO)C(=O)O. The van der Waals surface area contributed by atoms with E-state index in [1.165, 1.54) is 0 Å². The summed E-state index contributed by atoms with van der Waals surface area (Å²) in [5.41, 5.74) is 26.9. The van der Waals surface area contributed by atoms with Gasteiger partial charge >= 0.3 is 5.97 Å². The summed E-state index contributed by atoms with van der Waals surface area (Å²) in [6.07, 6.45) is 1.10. The molecule has 0 bridgehead atoms. The number of nitrogens with two attached hydrogens (primary N) is 5. The van der Waals surface area contributed by atoms with Crippen LogP contribution in [0.15, 0.2) is 4.99 Å². The fourth-order valence-electron chi connectivity index (χ4n) is 2.83. The first-order valence-electron chi connectivity index (χ1n) is 11.0. The summed E-state index contributed by atoms with van der Waals surface area (Å²) in [5, 5.41) is 25.0. The van der Waals surface area contributed by atoms with Crippen molar-refractivity contribution in [2.45, 2.75) is 62.7 Å². The molecule has 0 saturated carbocycles. The summed E-state index contributed by atoms with van der Waals surface area (Å²) < 4.78 is 0. The second-order valence-electron chi connectivity index (χ2n) is 7.71. The third-order valence-corrected chi connectivity index (χ3v) is 4.72. The maximum atomic E-state index is 12.8. The predicted octanol–water partition coefficient (Wildman–Crippen LogP) is -5.10. The molecule has 35 heavy (non-hydrogen) atoms. The van der Waals surface area contributed by atoms with Crippen molar-refractivity contribution in [2.24, 2.45) is 33.7 Å². The zero-order chi connectivity index (χ0) is 27.0. The van der Waals surface area contributed by atoms with Crippen LogP contribution in [-0.4, -0.2) is 89.6 Å². The number of aliphatic hydroxyl groups is 1. The minimum atomic E-state index is -1.62. The topological polar surface area (TPSA) is 304 Å². The molecule has 0 aromatic carbocycles. The Labute approximate surface area is 202 Å². The minimum absolute atomic E-state index is 0.0397. The van der Waals surface area contributed by atoms with E-state index in [2.05, 4.69) is 20.9 Å². The van der Waals surface area contributed by atoms with E-state index in [1.54, 1.807) is 0 Å². The van der Waals surface area contributed by atoms with Crippen molar-refractivity contribution >= 4 is 35.6 Å². The maximum absolute atomic E-state index is 12.8. The molecule has 0 rings (SSSR count). The molecule has 0 saturated heterocycles. The molecule has 15 N–H and O–H groups in total. The molecule has 4 unspecified atom stereocenters. The van der Waals surface area contributed by atoms with E-state index in [1.807, 2.05) is 0 Å². The molecule has 4 amide bonds. The maximum Gasteiger partial charge on any atom is 0.328 e. The van der Waals surface area contributed by atoms with Crippen LogP contribution in [0.2, 0.25) is 0 Å². The third-order valence-electron chi connectivity index (χ3n) is 4.72. The first-order valence-corrected chi connectivity index (χ1v) is 11.0. The average Bonchev–Trinajstić information content (AvgIpc) is 2.77. The molecule has 16 heteroatoms. The van der Waals surface area contributed by atoms with Crippen molar-refractivity contribution in [3.8, 4) is 0 Å². The number of carbonyl (C=O) groups excluding carboxylic acids is 4. The number of aliphatic imine (C=N–C) groups is 1. The quantitative estimate of drug-likeness (QED) is 0.0479. The number of aliphatic carboxylic acids is 1. The monoisotopic (exact) mass is 503 g/mol. The van der Waals surface area contributed by atoms with Gasteiger partial charge in [-0.15, -0.1) is 0 Å². The molecular weight excluding hydrogens is 466 g/mol. The van der Waals surface area contributed by atoms with Crippen LogP contribution >= 0.6 is 0 Å². The van der Waals surface area contributed by atoms with Crippen molar-refractivity contribution in [3.63, 3.8) is 0 Å². The number of aliphatic hydroxyl groups excluding tert-OH is 1. The van der Waals surface area contributed by atoms with Crippen LogP contribution in [-0.2, 0) is 24.0 Å². The normalized spacial score (nSPS) is 14.0. The van der Waals surface area contributed by atoms with E-state index in [0.717, 1.165) is 0 Å². The van der Waals surface area contributed by atoms with Crippen LogP contribution in [0.3, 0.4) is 0 Å². The highest BCUT2D eigenvalue weighted by Crippen LogP contribution is 2.04. The molecule has 4 atom stereocenters. The molecule has 0 aliphatic rings. The average molecular weight is 504 g/mol. The van der Waals surface area contributed by atoms with Gasteiger partial charge in [-0.2, -0.15) is 0 Å². The fourth-order valence-corrected chi connectivity index (χ4v) is 2.83. The highest BCUT2D eigenvalue weighted by Gasteiger charge is 2.30. The Balaban J connectivity index is 5.47. The Kier molecular flexibility index (Phi) is 15.3. The van der Waals surface area contributed by atoms with Gasteiger partial charge in [0.05, 0.1) is 19.1 Å². The van der Waals surface area contributed by atoms with Gasteiger partial charge in [0.1, 0.15) is 18.1 Å². The molecule has 0 radical (unpaired) electrons. The molecule has 0 fully saturated rings. The van der Waals surface area contributed by atoms with E-state index in [9.17, 15) is 24.0 Å². The summed E-state index contributed by atoms with van der Waals surface area (Å²) in [4.78, 5) is 64.2. The van der Waals surface area contributed by atoms with Gasteiger partial charge in [0.2, 0.25) is 23.6 Å². The van der Waals surface area contributed by atoms with E-state index in [0.29, 0.717) is 25.8 Å². The van der Waals surface area contributed by atoms with Gasteiger partial charge in [0.25, 0.3) is 0 Å². The molecular formula is C19H37N9O7. The van der Waals surface area contributed by atoms with Crippen LogP contribution in [0, 0.1) is 0 Å². The standard InChI is InChI=1S/C19H37N9O7/c20-6-2-1-4-10(21)15(31)27-12(8-14(22)30)17(33)26-11(5-3-7-25-19(23)24)16(32)28-13(9-29)18(34)35/h10-13,29H,1-9,20-21H2,(H2,22,30)(H,26,33)(H,27,31)(H,28,32)(H,34,35)(H4,23,24,25). The lowest BCUT2D eigenvalue weighted by atomic mass is 10.1. The third kappa shape index (κ3) is 13.7. The number of hydrogen-bond acceptors (Lipinski definition) is 9. The number of carbonyl (C=O) groups is 5. The summed E-state index contributed by atoms with van der Waals surface area (Å²) in [7, 11) is 0. The number of primary amides is 1. The summed E-state index contributed by atoms with van der Waals surface area (Å²) >= 11 is 0. The first kappa shape index (κ1) is 31.5. The molecule has 0 aliphatic carbocycles. The van der Waals surface area contributed by atoms with E-state index in [-0.39, 0.29) is 25.3 Å². The summed E-state index contributed by atoms with van der Waals surface area (Å²) in [6, 6.07) is -5.34. The number of rotatable bonds is 18. The molecule has 200 valence electrons. The Morgan fingerprint density at radius 3 is 1.89 bits per heavy atom. The largest absolute Gasteiger partial charge is 0.480 e. The van der Waals surface area contributed by atoms with Crippen molar-refractivity contribution in [2.75, 3.05) is 19.7 Å². The minimum Gasteiger partial charge on any atom is -0.480 e. The Morgan fingerprint density at radius 1 is 0.800 bits per heavy atom. The fraction of sp³-hybridized carbons (Fsp3) is 0.684. The Hall–Kier alpha value is -3.50. The zero-order valence-electron chi connectivity index (χ0n) is 19.4. The molecule has 16 nitrogen and oxygen atoms in total. The lowest BCUT2D eigenvalue weighted by Gasteiger charge is -2.24. The molecule has 0 heterocycles. The van der Waals surface area contributed by atoms with Crippen molar-refractivity contribution in [1.82, 2.24) is 16.0 Å². The number of nitrogens with one attached hydrogen (secondary N) is 3. The van der Waals surface area contributed by atoms with Gasteiger partial charge in [-0.25, -0.2) is 4.79 Å². The van der Waals surface area contributed by atoms with Gasteiger partial charge in [-0.05, 0) is 32.2 Å².